The normalized spacial score (nSPS) is 33.3. The van der Waals surface area contributed by atoms with Crippen LogP contribution in [0.1, 0.15) is 40.0 Å². The van der Waals surface area contributed by atoms with Crippen LogP contribution in [0.25, 0.3) is 0 Å². The standard InChI is InChI=1S/C15H22N2O5/c1-14(2)4-10(17-9-18)5-15(3,7-14)8-16-12(19)11-6-21-13(20)22-11/h10-11H,4-8H2,1-3H3,(H,16,19). The number of hydrogen-bond donors (Lipinski definition) is 1. The van der Waals surface area contributed by atoms with Gasteiger partial charge in [0.2, 0.25) is 12.2 Å². The van der Waals surface area contributed by atoms with E-state index >= 15 is 0 Å². The number of ether oxygens (including phenoxy) is 2. The highest BCUT2D eigenvalue weighted by Gasteiger charge is 2.42. The minimum absolute atomic E-state index is 0.0334. The Bertz CT molecular complexity index is 512. The van der Waals surface area contributed by atoms with Crippen molar-refractivity contribution in [2.24, 2.45) is 15.8 Å². The van der Waals surface area contributed by atoms with E-state index in [0.717, 1.165) is 12.8 Å². The molecule has 0 radical (unpaired) electrons. The molecule has 1 amide bonds. The van der Waals surface area contributed by atoms with E-state index < -0.39 is 12.3 Å². The summed E-state index contributed by atoms with van der Waals surface area (Å²) in [5.74, 6) is -0.356. The van der Waals surface area contributed by atoms with Crippen LogP contribution in [0.2, 0.25) is 0 Å². The number of nitrogens with zero attached hydrogens (tertiary/aromatic N) is 1. The first-order valence-electron chi connectivity index (χ1n) is 7.41. The van der Waals surface area contributed by atoms with Crippen molar-refractivity contribution in [2.75, 3.05) is 13.2 Å². The van der Waals surface area contributed by atoms with Gasteiger partial charge in [-0.25, -0.2) is 14.6 Å². The predicted molar refractivity (Wildman–Crippen MR) is 76.9 cm³/mol. The third-order valence-corrected chi connectivity index (χ3v) is 4.23. The first-order chi connectivity index (χ1) is 10.2. The number of hydrogen-bond acceptors (Lipinski definition) is 6. The van der Waals surface area contributed by atoms with Crippen molar-refractivity contribution in [3.8, 4) is 0 Å². The number of amides is 1. The lowest BCUT2D eigenvalue weighted by Crippen LogP contribution is -2.47. The van der Waals surface area contributed by atoms with Gasteiger partial charge in [0, 0.05) is 6.54 Å². The minimum atomic E-state index is -0.878. The lowest BCUT2D eigenvalue weighted by molar-refractivity contribution is -0.128. The smallest absolute Gasteiger partial charge is 0.430 e. The van der Waals surface area contributed by atoms with E-state index in [1.165, 1.54) is 0 Å². The molecular weight excluding hydrogens is 288 g/mol. The maximum Gasteiger partial charge on any atom is 0.509 e. The van der Waals surface area contributed by atoms with Crippen LogP contribution in [-0.2, 0) is 19.1 Å². The number of aliphatic imine (C=N–C) groups is 1. The molecule has 0 aromatic rings. The molecule has 1 saturated heterocycles. The van der Waals surface area contributed by atoms with Crippen LogP contribution in [0.3, 0.4) is 0 Å². The Morgan fingerprint density at radius 3 is 2.73 bits per heavy atom. The van der Waals surface area contributed by atoms with Crippen molar-refractivity contribution in [1.29, 1.82) is 0 Å². The Hall–Kier alpha value is -1.88. The van der Waals surface area contributed by atoms with E-state index in [-0.39, 0.29) is 29.4 Å². The number of carbonyl (C=O) groups excluding carboxylic acids is 3. The Morgan fingerprint density at radius 2 is 2.14 bits per heavy atom. The molecule has 0 aromatic heterocycles. The zero-order valence-electron chi connectivity index (χ0n) is 13.2. The summed E-state index contributed by atoms with van der Waals surface area (Å²) in [6.45, 7) is 6.72. The van der Waals surface area contributed by atoms with Gasteiger partial charge in [-0.3, -0.25) is 4.79 Å². The van der Waals surface area contributed by atoms with Crippen LogP contribution in [0.15, 0.2) is 4.99 Å². The van der Waals surface area contributed by atoms with E-state index in [4.69, 9.17) is 4.74 Å². The maximum atomic E-state index is 12.0. The quantitative estimate of drug-likeness (QED) is 0.483. The molecule has 2 rings (SSSR count). The highest BCUT2D eigenvalue weighted by atomic mass is 16.8. The van der Waals surface area contributed by atoms with Crippen LogP contribution in [0.5, 0.6) is 0 Å². The molecule has 2 fully saturated rings. The van der Waals surface area contributed by atoms with E-state index in [9.17, 15) is 14.4 Å². The first kappa shape index (κ1) is 16.5. The summed E-state index contributed by atoms with van der Waals surface area (Å²) < 4.78 is 9.36. The number of isocyanates is 1. The van der Waals surface area contributed by atoms with E-state index in [0.29, 0.717) is 13.0 Å². The molecule has 0 spiro atoms. The topological polar surface area (TPSA) is 94.1 Å². The van der Waals surface area contributed by atoms with Crippen LogP contribution >= 0.6 is 0 Å². The summed E-state index contributed by atoms with van der Waals surface area (Å²) in [4.78, 5) is 37.3. The number of nitrogens with one attached hydrogen (secondary N) is 1. The third-order valence-electron chi connectivity index (χ3n) is 4.23. The van der Waals surface area contributed by atoms with Crippen LogP contribution < -0.4 is 5.32 Å². The molecule has 1 heterocycles. The average Bonchev–Trinajstić information content (AvgIpc) is 2.81. The van der Waals surface area contributed by atoms with E-state index in [1.807, 2.05) is 0 Å². The van der Waals surface area contributed by atoms with Gasteiger partial charge in [-0.2, -0.15) is 0 Å². The Kier molecular flexibility index (Phi) is 4.56. The van der Waals surface area contributed by atoms with Gasteiger partial charge in [0.05, 0.1) is 6.04 Å². The molecular formula is C15H22N2O5. The number of rotatable bonds is 4. The Morgan fingerprint density at radius 1 is 1.41 bits per heavy atom. The molecule has 1 aliphatic heterocycles. The van der Waals surface area contributed by atoms with Gasteiger partial charge in [-0.05, 0) is 30.1 Å². The van der Waals surface area contributed by atoms with Crippen LogP contribution in [0, 0.1) is 10.8 Å². The number of cyclic esters (lactones) is 2. The molecule has 3 atom stereocenters. The average molecular weight is 310 g/mol. The van der Waals surface area contributed by atoms with Crippen molar-refractivity contribution < 1.29 is 23.9 Å². The molecule has 0 aromatic carbocycles. The summed E-state index contributed by atoms with van der Waals surface area (Å²) in [5, 5.41) is 2.82. The van der Waals surface area contributed by atoms with Gasteiger partial charge in [0.15, 0.2) is 0 Å². The highest BCUT2D eigenvalue weighted by Crippen LogP contribution is 2.46. The van der Waals surface area contributed by atoms with Crippen molar-refractivity contribution in [3.05, 3.63) is 0 Å². The maximum absolute atomic E-state index is 12.0. The van der Waals surface area contributed by atoms with Crippen LogP contribution in [0.4, 0.5) is 4.79 Å². The summed E-state index contributed by atoms with van der Waals surface area (Å²) in [6.07, 6.45) is 2.41. The molecule has 1 saturated carbocycles. The van der Waals surface area contributed by atoms with Gasteiger partial charge >= 0.3 is 6.16 Å². The lowest BCUT2D eigenvalue weighted by atomic mass is 9.62. The van der Waals surface area contributed by atoms with Crippen molar-refractivity contribution in [3.63, 3.8) is 0 Å². The number of carbonyl (C=O) groups is 2. The van der Waals surface area contributed by atoms with E-state index in [2.05, 4.69) is 35.8 Å². The molecule has 22 heavy (non-hydrogen) atoms. The van der Waals surface area contributed by atoms with Crippen LogP contribution in [-0.4, -0.2) is 43.4 Å². The Labute approximate surface area is 129 Å². The summed E-state index contributed by atoms with van der Waals surface area (Å²) in [6, 6.07) is -0.0733. The largest absolute Gasteiger partial charge is 0.509 e. The molecule has 122 valence electrons. The summed E-state index contributed by atoms with van der Waals surface area (Å²) >= 11 is 0. The monoisotopic (exact) mass is 310 g/mol. The van der Waals surface area contributed by atoms with Crippen molar-refractivity contribution >= 4 is 18.1 Å². The van der Waals surface area contributed by atoms with Crippen molar-refractivity contribution in [1.82, 2.24) is 5.32 Å². The fourth-order valence-electron chi connectivity index (χ4n) is 3.75. The zero-order chi connectivity index (χ0) is 16.4. The van der Waals surface area contributed by atoms with Gasteiger partial charge in [0.25, 0.3) is 5.91 Å². The second kappa shape index (κ2) is 6.08. The highest BCUT2D eigenvalue weighted by molar-refractivity contribution is 5.84. The lowest BCUT2D eigenvalue weighted by Gasteiger charge is -2.45. The summed E-state index contributed by atoms with van der Waals surface area (Å²) in [7, 11) is 0. The second-order valence-corrected chi connectivity index (χ2v) is 7.32. The molecule has 1 aliphatic carbocycles. The van der Waals surface area contributed by atoms with E-state index in [1.54, 1.807) is 6.08 Å². The molecule has 7 nitrogen and oxygen atoms in total. The van der Waals surface area contributed by atoms with Gasteiger partial charge < -0.3 is 14.8 Å². The van der Waals surface area contributed by atoms with Gasteiger partial charge in [-0.1, -0.05) is 20.8 Å². The second-order valence-electron chi connectivity index (χ2n) is 7.32. The molecule has 7 heteroatoms. The summed E-state index contributed by atoms with van der Waals surface area (Å²) in [5.41, 5.74) is -0.141. The third kappa shape index (κ3) is 4.07. The van der Waals surface area contributed by atoms with Crippen molar-refractivity contribution in [2.45, 2.75) is 52.2 Å². The zero-order valence-corrected chi connectivity index (χ0v) is 13.2. The molecule has 1 N–H and O–H groups in total. The minimum Gasteiger partial charge on any atom is -0.430 e. The first-order valence-corrected chi connectivity index (χ1v) is 7.41. The molecule has 2 aliphatic rings. The fraction of sp³-hybridized carbons (Fsp3) is 0.800. The molecule has 0 bridgehead atoms. The molecule has 3 unspecified atom stereocenters. The van der Waals surface area contributed by atoms with Gasteiger partial charge in [-0.15, -0.1) is 0 Å². The Balaban J connectivity index is 1.96. The van der Waals surface area contributed by atoms with Gasteiger partial charge in [0.1, 0.15) is 6.61 Å². The predicted octanol–water partition coefficient (Wildman–Crippen LogP) is 1.56. The SMILES string of the molecule is CC1(C)CC(N=C=O)CC(C)(CNC(=O)C2COC(=O)O2)C1. The fourth-order valence-corrected chi connectivity index (χ4v) is 3.75.